The maximum absolute atomic E-state index is 5.83. The Morgan fingerprint density at radius 3 is 2.62 bits per heavy atom. The third-order valence-electron chi connectivity index (χ3n) is 2.64. The molecule has 0 aliphatic rings. The summed E-state index contributed by atoms with van der Waals surface area (Å²) in [6, 6.07) is 0.437. The molecule has 1 aromatic rings. The molecule has 0 fully saturated rings. The normalized spacial score (nSPS) is 14.1. The molecule has 0 amide bonds. The van der Waals surface area contributed by atoms with Crippen LogP contribution >= 0.6 is 22.9 Å². The van der Waals surface area contributed by atoms with Gasteiger partial charge in [0.15, 0.2) is 0 Å². The number of rotatable bonds is 5. The number of hydrogen-bond acceptors (Lipinski definition) is 3. The molecule has 0 saturated heterocycles. The highest BCUT2D eigenvalue weighted by Crippen LogP contribution is 2.22. The van der Waals surface area contributed by atoms with E-state index in [0.29, 0.717) is 11.9 Å². The van der Waals surface area contributed by atoms with E-state index < -0.39 is 0 Å². The highest BCUT2D eigenvalue weighted by atomic mass is 35.5. The van der Waals surface area contributed by atoms with Crippen LogP contribution in [-0.4, -0.2) is 16.9 Å². The van der Waals surface area contributed by atoms with Crippen LogP contribution in [0.1, 0.15) is 37.9 Å². The number of aryl methyl sites for hydroxylation is 1. The van der Waals surface area contributed by atoms with E-state index in [9.17, 15) is 0 Å². The molecule has 2 nitrogen and oxygen atoms in total. The summed E-state index contributed by atoms with van der Waals surface area (Å²) in [6.07, 6.45) is 0.994. The maximum Gasteiger partial charge on any atom is 0.0897 e. The molecule has 1 heterocycles. The van der Waals surface area contributed by atoms with E-state index in [1.54, 1.807) is 11.3 Å². The molecule has 1 aromatic heterocycles. The van der Waals surface area contributed by atoms with E-state index >= 15 is 0 Å². The quantitative estimate of drug-likeness (QED) is 0.819. The molecule has 4 heteroatoms. The van der Waals surface area contributed by atoms with Crippen LogP contribution in [0, 0.1) is 12.3 Å². The number of nitrogens with one attached hydrogen (secondary N) is 1. The number of aromatic nitrogens is 1. The van der Waals surface area contributed by atoms with E-state index in [0.717, 1.165) is 23.7 Å². The lowest BCUT2D eigenvalue weighted by molar-refractivity contribution is 0.260. The van der Waals surface area contributed by atoms with Crippen LogP contribution in [0.25, 0.3) is 0 Å². The zero-order chi connectivity index (χ0) is 12.2. The van der Waals surface area contributed by atoms with Crippen molar-refractivity contribution in [2.75, 3.05) is 5.88 Å². The first-order chi connectivity index (χ1) is 7.43. The summed E-state index contributed by atoms with van der Waals surface area (Å²) < 4.78 is 0. The van der Waals surface area contributed by atoms with Gasteiger partial charge in [0.25, 0.3) is 0 Å². The Labute approximate surface area is 107 Å². The number of hydrogen-bond donors (Lipinski definition) is 1. The van der Waals surface area contributed by atoms with Gasteiger partial charge in [0.2, 0.25) is 0 Å². The Balaban J connectivity index is 2.50. The van der Waals surface area contributed by atoms with E-state index in [-0.39, 0.29) is 5.41 Å². The smallest absolute Gasteiger partial charge is 0.0897 e. The predicted molar refractivity (Wildman–Crippen MR) is 72.3 cm³/mol. The number of thiazole rings is 1. The fourth-order valence-electron chi connectivity index (χ4n) is 1.67. The second kappa shape index (κ2) is 5.99. The van der Waals surface area contributed by atoms with Crippen molar-refractivity contribution >= 4 is 22.9 Å². The SMILES string of the molecule is Cc1nc(CNC(CCCl)C(C)(C)C)cs1. The van der Waals surface area contributed by atoms with Crippen LogP contribution in [0.15, 0.2) is 5.38 Å². The minimum Gasteiger partial charge on any atom is -0.308 e. The van der Waals surface area contributed by atoms with Crippen molar-refractivity contribution in [1.29, 1.82) is 0 Å². The molecular weight excluding hydrogens is 240 g/mol. The summed E-state index contributed by atoms with van der Waals surface area (Å²) >= 11 is 7.53. The molecule has 1 atom stereocenters. The minimum absolute atomic E-state index is 0.236. The van der Waals surface area contributed by atoms with Crippen molar-refractivity contribution in [3.63, 3.8) is 0 Å². The van der Waals surface area contributed by atoms with Crippen LogP contribution in [0.5, 0.6) is 0 Å². The van der Waals surface area contributed by atoms with Crippen molar-refractivity contribution in [2.24, 2.45) is 5.41 Å². The maximum atomic E-state index is 5.83. The van der Waals surface area contributed by atoms with Gasteiger partial charge in [0.05, 0.1) is 10.7 Å². The Morgan fingerprint density at radius 1 is 1.50 bits per heavy atom. The molecule has 0 aliphatic heterocycles. The van der Waals surface area contributed by atoms with Crippen molar-refractivity contribution in [1.82, 2.24) is 10.3 Å². The molecule has 0 radical (unpaired) electrons. The average molecular weight is 261 g/mol. The van der Waals surface area contributed by atoms with Crippen LogP contribution < -0.4 is 5.32 Å². The van der Waals surface area contributed by atoms with Crippen molar-refractivity contribution < 1.29 is 0 Å². The fraction of sp³-hybridized carbons (Fsp3) is 0.750. The molecule has 1 N–H and O–H groups in total. The van der Waals surface area contributed by atoms with Gasteiger partial charge in [-0.15, -0.1) is 22.9 Å². The first-order valence-electron chi connectivity index (χ1n) is 5.64. The number of alkyl halides is 1. The van der Waals surface area contributed by atoms with Crippen molar-refractivity contribution in [3.8, 4) is 0 Å². The van der Waals surface area contributed by atoms with Crippen molar-refractivity contribution in [3.05, 3.63) is 16.1 Å². The van der Waals surface area contributed by atoms with E-state index in [1.807, 2.05) is 6.92 Å². The Hall–Kier alpha value is -0.120. The second-order valence-electron chi connectivity index (χ2n) is 5.14. The van der Waals surface area contributed by atoms with Gasteiger partial charge in [0, 0.05) is 23.8 Å². The highest BCUT2D eigenvalue weighted by molar-refractivity contribution is 7.09. The number of nitrogens with zero attached hydrogens (tertiary/aromatic N) is 1. The number of halogens is 1. The first-order valence-corrected chi connectivity index (χ1v) is 7.05. The Morgan fingerprint density at radius 2 is 2.19 bits per heavy atom. The summed E-state index contributed by atoms with van der Waals surface area (Å²) in [4.78, 5) is 4.45. The van der Waals surface area contributed by atoms with Gasteiger partial charge >= 0.3 is 0 Å². The summed E-state index contributed by atoms with van der Waals surface area (Å²) in [5.74, 6) is 0.699. The van der Waals surface area contributed by atoms with Crippen LogP contribution in [0.2, 0.25) is 0 Å². The van der Waals surface area contributed by atoms with E-state index in [4.69, 9.17) is 11.6 Å². The average Bonchev–Trinajstić information content (AvgIpc) is 2.57. The summed E-state index contributed by atoms with van der Waals surface area (Å²) in [5.41, 5.74) is 1.37. The Kier molecular flexibility index (Phi) is 5.22. The third kappa shape index (κ3) is 4.40. The summed E-state index contributed by atoms with van der Waals surface area (Å²) in [6.45, 7) is 9.59. The van der Waals surface area contributed by atoms with Gasteiger partial charge < -0.3 is 5.32 Å². The van der Waals surface area contributed by atoms with Crippen molar-refractivity contribution in [2.45, 2.75) is 46.7 Å². The molecule has 0 aliphatic carbocycles. The minimum atomic E-state index is 0.236. The first kappa shape index (κ1) is 13.9. The third-order valence-corrected chi connectivity index (χ3v) is 3.68. The molecule has 0 bridgehead atoms. The second-order valence-corrected chi connectivity index (χ2v) is 6.58. The molecular formula is C12H21ClN2S. The van der Waals surface area contributed by atoms with Gasteiger partial charge in [-0.05, 0) is 18.8 Å². The van der Waals surface area contributed by atoms with Gasteiger partial charge in [-0.1, -0.05) is 20.8 Å². The van der Waals surface area contributed by atoms with E-state index in [2.05, 4.69) is 36.5 Å². The van der Waals surface area contributed by atoms with Crippen LogP contribution in [0.4, 0.5) is 0 Å². The molecule has 92 valence electrons. The predicted octanol–water partition coefficient (Wildman–Crippen LogP) is 3.58. The van der Waals surface area contributed by atoms with Gasteiger partial charge in [-0.25, -0.2) is 4.98 Å². The van der Waals surface area contributed by atoms with Gasteiger partial charge in [-0.2, -0.15) is 0 Å². The lowest BCUT2D eigenvalue weighted by atomic mass is 9.85. The summed E-state index contributed by atoms with van der Waals surface area (Å²) in [7, 11) is 0. The zero-order valence-electron chi connectivity index (χ0n) is 10.5. The molecule has 16 heavy (non-hydrogen) atoms. The van der Waals surface area contributed by atoms with Gasteiger partial charge in [-0.3, -0.25) is 0 Å². The Bertz CT molecular complexity index is 317. The lowest BCUT2D eigenvalue weighted by Gasteiger charge is -2.31. The topological polar surface area (TPSA) is 24.9 Å². The van der Waals surface area contributed by atoms with Crippen LogP contribution in [-0.2, 0) is 6.54 Å². The zero-order valence-corrected chi connectivity index (χ0v) is 12.1. The summed E-state index contributed by atoms with van der Waals surface area (Å²) in [5, 5.41) is 6.79. The largest absolute Gasteiger partial charge is 0.308 e. The molecule has 0 spiro atoms. The molecule has 1 unspecified atom stereocenters. The standard InChI is InChI=1S/C12H21ClN2S/c1-9-15-10(8-16-9)7-14-11(5-6-13)12(2,3)4/h8,11,14H,5-7H2,1-4H3. The van der Waals surface area contributed by atoms with Crippen LogP contribution in [0.3, 0.4) is 0 Å². The molecule has 1 rings (SSSR count). The molecule has 0 aromatic carbocycles. The highest BCUT2D eigenvalue weighted by Gasteiger charge is 2.23. The van der Waals surface area contributed by atoms with Gasteiger partial charge in [0.1, 0.15) is 0 Å². The lowest BCUT2D eigenvalue weighted by Crippen LogP contribution is -2.40. The monoisotopic (exact) mass is 260 g/mol. The molecule has 0 saturated carbocycles. The van der Waals surface area contributed by atoms with E-state index in [1.165, 1.54) is 0 Å². The fourth-order valence-corrected chi connectivity index (χ4v) is 2.50.